The summed E-state index contributed by atoms with van der Waals surface area (Å²) >= 11 is 6.38. The number of carbonyl (C=O) groups is 3. The van der Waals surface area contributed by atoms with Crippen LogP contribution in [0.1, 0.15) is 77.9 Å². The highest BCUT2D eigenvalue weighted by molar-refractivity contribution is 6.33. The second-order valence-corrected chi connectivity index (χ2v) is 16.2. The molecule has 3 atom stereocenters. The summed E-state index contributed by atoms with van der Waals surface area (Å²) in [4.78, 5) is 59.3. The van der Waals surface area contributed by atoms with Crippen LogP contribution in [0.15, 0.2) is 53.5 Å². The number of likely N-dealkylation sites (tertiary alicyclic amines) is 1. The number of aromatic nitrogens is 2. The van der Waals surface area contributed by atoms with Crippen molar-refractivity contribution in [1.29, 1.82) is 0 Å². The van der Waals surface area contributed by atoms with Crippen LogP contribution in [-0.2, 0) is 16.6 Å². The minimum absolute atomic E-state index is 0.0854. The maximum Gasteiger partial charge on any atom is 0.287 e. The van der Waals surface area contributed by atoms with E-state index in [1.165, 1.54) is 15.9 Å². The van der Waals surface area contributed by atoms with Crippen LogP contribution in [0.25, 0.3) is 0 Å². The molecule has 3 amide bonds. The van der Waals surface area contributed by atoms with Crippen LogP contribution in [0.2, 0.25) is 5.02 Å². The Morgan fingerprint density at radius 3 is 2.36 bits per heavy atom. The molecule has 0 spiro atoms. The molecule has 4 saturated heterocycles. The highest BCUT2D eigenvalue weighted by Crippen LogP contribution is 2.36. The van der Waals surface area contributed by atoms with Gasteiger partial charge in [0.05, 0.1) is 17.8 Å². The zero-order valence-electron chi connectivity index (χ0n) is 31.2. The molecule has 0 radical (unpaired) electrons. The van der Waals surface area contributed by atoms with Crippen LogP contribution in [0.3, 0.4) is 0 Å². The number of anilines is 2. The van der Waals surface area contributed by atoms with Gasteiger partial charge in [0.2, 0.25) is 11.8 Å². The van der Waals surface area contributed by atoms with Gasteiger partial charge in [0.25, 0.3) is 11.5 Å². The lowest BCUT2D eigenvalue weighted by molar-refractivity contribution is -0.134. The molecule has 0 saturated carbocycles. The molecule has 4 aliphatic rings. The largest absolute Gasteiger partial charge is 0.376 e. The summed E-state index contributed by atoms with van der Waals surface area (Å²) in [5.41, 5.74) is 5.08. The average Bonchev–Trinajstić information content (AvgIpc) is 3.15. The topological polar surface area (TPSA) is 123 Å². The van der Waals surface area contributed by atoms with E-state index < -0.39 is 0 Å². The molecule has 13 heteroatoms. The molecule has 1 aromatic heterocycles. The van der Waals surface area contributed by atoms with Crippen molar-refractivity contribution in [2.45, 2.75) is 69.4 Å². The normalized spacial score (nSPS) is 25.0. The molecular formula is C40H51ClN8O4. The number of halogens is 1. The number of piperazine rings is 1. The van der Waals surface area contributed by atoms with Crippen LogP contribution < -0.4 is 21.1 Å². The number of rotatable bonds is 7. The Labute approximate surface area is 316 Å². The number of nitrogens with zero attached hydrogens (tertiary/aromatic N) is 6. The lowest BCUT2D eigenvalue weighted by Gasteiger charge is -2.44. The van der Waals surface area contributed by atoms with Crippen molar-refractivity contribution in [3.8, 4) is 0 Å². The van der Waals surface area contributed by atoms with Crippen molar-refractivity contribution in [1.82, 2.24) is 29.8 Å². The van der Waals surface area contributed by atoms with Crippen LogP contribution >= 0.6 is 11.6 Å². The number of aryl methyl sites for hydroxylation is 2. The number of piperidine rings is 3. The maximum absolute atomic E-state index is 13.6. The monoisotopic (exact) mass is 742 g/mol. The van der Waals surface area contributed by atoms with Crippen LogP contribution in [0.4, 0.5) is 11.4 Å². The molecule has 4 fully saturated rings. The van der Waals surface area contributed by atoms with Gasteiger partial charge in [0.1, 0.15) is 5.02 Å². The fraction of sp³-hybridized carbons (Fsp3) is 0.525. The van der Waals surface area contributed by atoms with E-state index in [-0.39, 0.29) is 45.7 Å². The third kappa shape index (κ3) is 8.00. The van der Waals surface area contributed by atoms with Gasteiger partial charge in [0.15, 0.2) is 0 Å². The summed E-state index contributed by atoms with van der Waals surface area (Å²) in [6.07, 6.45) is 5.54. The highest BCUT2D eigenvalue weighted by atomic mass is 35.5. The van der Waals surface area contributed by atoms with Crippen molar-refractivity contribution in [2.24, 2.45) is 7.05 Å². The summed E-state index contributed by atoms with van der Waals surface area (Å²) < 4.78 is 1.23. The SMILES string of the molecule is Cc1cc(N2CCC(N3CCN(C(=O)c4ccc([C@@H]5CN(C)C[C@@](C)(Nc6cnn(C)c(=O)c6Cl)C5)cc4)CC3)CC2)ccc1C1CCC(=O)NC1=O. The molecule has 4 aliphatic heterocycles. The van der Waals surface area contributed by atoms with Gasteiger partial charge in [-0.15, -0.1) is 0 Å². The molecule has 3 aromatic rings. The summed E-state index contributed by atoms with van der Waals surface area (Å²) in [5, 5.41) is 10.3. The number of hydrogen-bond acceptors (Lipinski definition) is 9. The lowest BCUT2D eigenvalue weighted by Crippen LogP contribution is -2.54. The summed E-state index contributed by atoms with van der Waals surface area (Å²) in [6.45, 7) is 11.0. The lowest BCUT2D eigenvalue weighted by atomic mass is 9.80. The van der Waals surface area contributed by atoms with Gasteiger partial charge in [-0.25, -0.2) is 4.68 Å². The van der Waals surface area contributed by atoms with Crippen molar-refractivity contribution >= 4 is 40.7 Å². The summed E-state index contributed by atoms with van der Waals surface area (Å²) in [7, 11) is 3.69. The molecule has 5 heterocycles. The van der Waals surface area contributed by atoms with Crippen molar-refractivity contribution in [3.63, 3.8) is 0 Å². The Morgan fingerprint density at radius 1 is 0.962 bits per heavy atom. The van der Waals surface area contributed by atoms with E-state index in [9.17, 15) is 19.2 Å². The zero-order valence-corrected chi connectivity index (χ0v) is 32.0. The Hall–Kier alpha value is -4.26. The standard InChI is InChI=1S/C40H51ClN8O4/c1-26-21-31(9-10-32(26)33-11-12-35(50)43-37(33)51)47-15-13-30(14-16-47)48-17-19-49(20-18-48)38(52)28-7-5-27(6-8-28)29-22-40(2,25-45(3)24-29)44-34-23-42-46(4)39(53)36(34)41/h5-10,21,23,29-30,33,44H,11-20,22,24-25H2,1-4H3,(H,43,50,51)/t29-,33?,40-/m0/s1. The fourth-order valence-electron chi connectivity index (χ4n) is 9.04. The van der Waals surface area contributed by atoms with Gasteiger partial charge in [-0.2, -0.15) is 5.10 Å². The Morgan fingerprint density at radius 2 is 1.68 bits per heavy atom. The van der Waals surface area contributed by atoms with E-state index in [1.54, 1.807) is 13.2 Å². The van der Waals surface area contributed by atoms with E-state index in [0.29, 0.717) is 24.6 Å². The second kappa shape index (κ2) is 15.2. The predicted octanol–water partition coefficient (Wildman–Crippen LogP) is 3.98. The average molecular weight is 743 g/mol. The first kappa shape index (κ1) is 37.1. The number of imide groups is 1. The third-order valence-electron chi connectivity index (χ3n) is 11.8. The van der Waals surface area contributed by atoms with E-state index >= 15 is 0 Å². The number of nitrogens with one attached hydrogen (secondary N) is 2. The molecule has 1 unspecified atom stereocenters. The number of amides is 3. The smallest absolute Gasteiger partial charge is 0.287 e. The van der Waals surface area contributed by atoms with E-state index in [0.717, 1.165) is 88.3 Å². The minimum atomic E-state index is -0.329. The first-order chi connectivity index (χ1) is 25.4. The Balaban J connectivity index is 0.896. The van der Waals surface area contributed by atoms with Gasteiger partial charge in [-0.3, -0.25) is 29.4 Å². The Kier molecular flexibility index (Phi) is 10.7. The van der Waals surface area contributed by atoms with Crippen molar-refractivity contribution in [3.05, 3.63) is 86.3 Å². The summed E-state index contributed by atoms with van der Waals surface area (Å²) in [6, 6.07) is 15.0. The van der Waals surface area contributed by atoms with Gasteiger partial charge < -0.3 is 20.0 Å². The summed E-state index contributed by atoms with van der Waals surface area (Å²) in [5.74, 6) is -0.314. The zero-order chi connectivity index (χ0) is 37.4. The first-order valence-electron chi connectivity index (χ1n) is 18.9. The minimum Gasteiger partial charge on any atom is -0.376 e. The van der Waals surface area contributed by atoms with Gasteiger partial charge in [-0.05, 0) is 93.5 Å². The maximum atomic E-state index is 13.6. The molecule has 0 bridgehead atoms. The first-order valence-corrected chi connectivity index (χ1v) is 19.3. The highest BCUT2D eigenvalue weighted by Gasteiger charge is 2.37. The van der Waals surface area contributed by atoms with E-state index in [4.69, 9.17) is 11.6 Å². The van der Waals surface area contributed by atoms with E-state index in [2.05, 4.69) is 81.7 Å². The molecule has 2 N–H and O–H groups in total. The second-order valence-electron chi connectivity index (χ2n) is 15.8. The van der Waals surface area contributed by atoms with Gasteiger partial charge in [-0.1, -0.05) is 29.8 Å². The number of likely N-dealkylation sites (N-methyl/N-ethyl adjacent to an activating group) is 1. The predicted molar refractivity (Wildman–Crippen MR) is 207 cm³/mol. The molecule has 282 valence electrons. The molecule has 0 aliphatic carbocycles. The van der Waals surface area contributed by atoms with Crippen LogP contribution in [0.5, 0.6) is 0 Å². The third-order valence-corrected chi connectivity index (χ3v) is 12.2. The van der Waals surface area contributed by atoms with Crippen LogP contribution in [0, 0.1) is 6.92 Å². The molecule has 53 heavy (non-hydrogen) atoms. The number of carbonyl (C=O) groups excluding carboxylic acids is 3. The number of benzene rings is 2. The number of hydrogen-bond donors (Lipinski definition) is 2. The van der Waals surface area contributed by atoms with Gasteiger partial charge >= 0.3 is 0 Å². The Bertz CT molecular complexity index is 1920. The molecule has 12 nitrogen and oxygen atoms in total. The van der Waals surface area contributed by atoms with Crippen LogP contribution in [-0.4, -0.2) is 113 Å². The molecule has 2 aromatic carbocycles. The van der Waals surface area contributed by atoms with Crippen molar-refractivity contribution in [2.75, 3.05) is 69.6 Å². The van der Waals surface area contributed by atoms with E-state index in [1.807, 2.05) is 17.0 Å². The fourth-order valence-corrected chi connectivity index (χ4v) is 9.26. The van der Waals surface area contributed by atoms with Gasteiger partial charge in [0, 0.05) is 88.7 Å². The quantitative estimate of drug-likeness (QED) is 0.347. The molecule has 7 rings (SSSR count). The molecular weight excluding hydrogens is 692 g/mol. The van der Waals surface area contributed by atoms with Crippen molar-refractivity contribution < 1.29 is 14.4 Å².